The molecule has 0 aliphatic heterocycles. The number of nitrogens with two attached hydrogens (primary N) is 1. The molecular formula is C13H22N2O2. The highest BCUT2D eigenvalue weighted by Gasteiger charge is 2.48. The third-order valence-corrected chi connectivity index (χ3v) is 3.77. The van der Waals surface area contributed by atoms with Crippen molar-refractivity contribution in [2.75, 3.05) is 7.05 Å². The van der Waals surface area contributed by atoms with E-state index in [0.29, 0.717) is 19.3 Å². The van der Waals surface area contributed by atoms with Crippen LogP contribution in [0.5, 0.6) is 0 Å². The molecule has 96 valence electrons. The second-order valence-corrected chi connectivity index (χ2v) is 5.06. The Morgan fingerprint density at radius 1 is 1.41 bits per heavy atom. The van der Waals surface area contributed by atoms with Crippen LogP contribution in [0.15, 0.2) is 12.2 Å². The minimum atomic E-state index is -0.668. The van der Waals surface area contributed by atoms with E-state index < -0.39 is 5.41 Å². The molecule has 3 N–H and O–H groups in total. The smallest absolute Gasteiger partial charge is 0.224 e. The number of primary amides is 1. The van der Waals surface area contributed by atoms with Crippen LogP contribution < -0.4 is 11.1 Å². The Morgan fingerprint density at radius 3 is 2.29 bits per heavy atom. The Morgan fingerprint density at radius 2 is 1.94 bits per heavy atom. The Kier molecular flexibility index (Phi) is 4.32. The van der Waals surface area contributed by atoms with Gasteiger partial charge in [-0.05, 0) is 26.2 Å². The van der Waals surface area contributed by atoms with E-state index in [4.69, 9.17) is 5.73 Å². The summed E-state index contributed by atoms with van der Waals surface area (Å²) in [4.78, 5) is 23.8. The molecule has 0 heterocycles. The van der Waals surface area contributed by atoms with E-state index >= 15 is 0 Å². The number of hydrogen-bond acceptors (Lipinski definition) is 2. The van der Waals surface area contributed by atoms with Crippen molar-refractivity contribution in [3.8, 4) is 0 Å². The topological polar surface area (TPSA) is 72.2 Å². The van der Waals surface area contributed by atoms with Gasteiger partial charge in [-0.25, -0.2) is 0 Å². The van der Waals surface area contributed by atoms with Crippen molar-refractivity contribution in [2.45, 2.75) is 39.0 Å². The predicted molar refractivity (Wildman–Crippen MR) is 67.1 cm³/mol. The molecule has 2 amide bonds. The molecule has 1 aliphatic rings. The summed E-state index contributed by atoms with van der Waals surface area (Å²) in [6.45, 7) is 5.72. The zero-order valence-corrected chi connectivity index (χ0v) is 10.7. The van der Waals surface area contributed by atoms with E-state index in [1.165, 1.54) is 0 Å². The summed E-state index contributed by atoms with van der Waals surface area (Å²) < 4.78 is 0. The largest absolute Gasteiger partial charge is 0.369 e. The van der Waals surface area contributed by atoms with Gasteiger partial charge < -0.3 is 11.1 Å². The number of amides is 2. The van der Waals surface area contributed by atoms with Gasteiger partial charge in [-0.3, -0.25) is 9.59 Å². The summed E-state index contributed by atoms with van der Waals surface area (Å²) in [7, 11) is 1.59. The summed E-state index contributed by atoms with van der Waals surface area (Å²) in [5.41, 5.74) is 5.79. The third-order valence-electron chi connectivity index (χ3n) is 3.77. The molecule has 1 aliphatic carbocycles. The SMILES string of the molecule is C=C(C)CC(C(=O)NC)C1(C(N)=O)CCCC1. The van der Waals surface area contributed by atoms with Crippen molar-refractivity contribution in [2.24, 2.45) is 17.1 Å². The Balaban J connectivity index is 3.04. The number of nitrogens with one attached hydrogen (secondary N) is 1. The fourth-order valence-corrected chi connectivity index (χ4v) is 2.83. The average Bonchev–Trinajstić information content (AvgIpc) is 2.74. The van der Waals surface area contributed by atoms with E-state index in [9.17, 15) is 9.59 Å². The van der Waals surface area contributed by atoms with E-state index in [1.807, 2.05) is 6.92 Å². The quantitative estimate of drug-likeness (QED) is 0.710. The molecule has 1 atom stereocenters. The van der Waals surface area contributed by atoms with Crippen molar-refractivity contribution in [1.29, 1.82) is 0 Å². The molecule has 0 bridgehead atoms. The van der Waals surface area contributed by atoms with Crippen LogP contribution in [0.25, 0.3) is 0 Å². The predicted octanol–water partition coefficient (Wildman–Crippen LogP) is 1.36. The molecule has 0 aromatic rings. The molecule has 4 nitrogen and oxygen atoms in total. The van der Waals surface area contributed by atoms with Crippen LogP contribution in [-0.4, -0.2) is 18.9 Å². The van der Waals surface area contributed by atoms with Gasteiger partial charge in [-0.15, -0.1) is 6.58 Å². The van der Waals surface area contributed by atoms with E-state index in [0.717, 1.165) is 18.4 Å². The van der Waals surface area contributed by atoms with Crippen molar-refractivity contribution < 1.29 is 9.59 Å². The lowest BCUT2D eigenvalue weighted by atomic mass is 9.70. The molecule has 0 saturated heterocycles. The lowest BCUT2D eigenvalue weighted by Crippen LogP contribution is -2.47. The van der Waals surface area contributed by atoms with E-state index in [1.54, 1.807) is 7.05 Å². The van der Waals surface area contributed by atoms with Gasteiger partial charge in [-0.1, -0.05) is 18.4 Å². The maximum atomic E-state index is 12.0. The van der Waals surface area contributed by atoms with Gasteiger partial charge in [0.15, 0.2) is 0 Å². The number of allylic oxidation sites excluding steroid dienone is 1. The second kappa shape index (κ2) is 5.34. The first-order chi connectivity index (χ1) is 7.94. The van der Waals surface area contributed by atoms with Crippen LogP contribution in [0, 0.1) is 11.3 Å². The van der Waals surface area contributed by atoms with Crippen molar-refractivity contribution in [3.63, 3.8) is 0 Å². The molecule has 0 aromatic carbocycles. The van der Waals surface area contributed by atoms with Gasteiger partial charge in [0.2, 0.25) is 11.8 Å². The van der Waals surface area contributed by atoms with Crippen LogP contribution in [0.1, 0.15) is 39.0 Å². The van der Waals surface area contributed by atoms with E-state index in [-0.39, 0.29) is 17.7 Å². The van der Waals surface area contributed by atoms with Gasteiger partial charge in [0, 0.05) is 7.05 Å². The lowest BCUT2D eigenvalue weighted by Gasteiger charge is -2.33. The number of rotatable bonds is 5. The molecule has 1 saturated carbocycles. The molecule has 1 rings (SSSR count). The van der Waals surface area contributed by atoms with Crippen LogP contribution in [0.4, 0.5) is 0 Å². The molecule has 0 radical (unpaired) electrons. The highest BCUT2D eigenvalue weighted by atomic mass is 16.2. The maximum Gasteiger partial charge on any atom is 0.224 e. The summed E-state index contributed by atoms with van der Waals surface area (Å²) in [5, 5.41) is 2.64. The summed E-state index contributed by atoms with van der Waals surface area (Å²) >= 11 is 0. The molecule has 17 heavy (non-hydrogen) atoms. The van der Waals surface area contributed by atoms with Crippen LogP contribution in [0.2, 0.25) is 0 Å². The van der Waals surface area contributed by atoms with Crippen LogP contribution in [0.3, 0.4) is 0 Å². The van der Waals surface area contributed by atoms with Gasteiger partial charge in [0.1, 0.15) is 0 Å². The molecule has 1 fully saturated rings. The first kappa shape index (κ1) is 13.7. The average molecular weight is 238 g/mol. The summed E-state index contributed by atoms with van der Waals surface area (Å²) in [5.74, 6) is -0.816. The molecule has 0 spiro atoms. The first-order valence-electron chi connectivity index (χ1n) is 6.10. The fraction of sp³-hybridized carbons (Fsp3) is 0.692. The van der Waals surface area contributed by atoms with E-state index in [2.05, 4.69) is 11.9 Å². The first-order valence-corrected chi connectivity index (χ1v) is 6.10. The Bertz CT molecular complexity index is 330. The molecule has 1 unspecified atom stereocenters. The van der Waals surface area contributed by atoms with Crippen molar-refractivity contribution in [3.05, 3.63) is 12.2 Å². The third kappa shape index (κ3) is 2.68. The fourth-order valence-electron chi connectivity index (χ4n) is 2.83. The zero-order chi connectivity index (χ0) is 13.1. The summed E-state index contributed by atoms with van der Waals surface area (Å²) in [6.07, 6.45) is 3.89. The summed E-state index contributed by atoms with van der Waals surface area (Å²) in [6, 6.07) is 0. The standard InChI is InChI=1S/C13H22N2O2/c1-9(2)8-10(11(16)15-3)13(12(14)17)6-4-5-7-13/h10H,1,4-8H2,2-3H3,(H2,14,17)(H,15,16). The van der Waals surface area contributed by atoms with Crippen molar-refractivity contribution >= 4 is 11.8 Å². The van der Waals surface area contributed by atoms with Crippen LogP contribution >= 0.6 is 0 Å². The van der Waals surface area contributed by atoms with Gasteiger partial charge in [0.25, 0.3) is 0 Å². The lowest BCUT2D eigenvalue weighted by molar-refractivity contribution is -0.140. The molecular weight excluding hydrogens is 216 g/mol. The van der Waals surface area contributed by atoms with Gasteiger partial charge >= 0.3 is 0 Å². The number of hydrogen-bond donors (Lipinski definition) is 2. The van der Waals surface area contributed by atoms with Crippen LogP contribution in [-0.2, 0) is 9.59 Å². The minimum absolute atomic E-state index is 0.103. The normalized spacial score (nSPS) is 19.6. The van der Waals surface area contributed by atoms with Crippen molar-refractivity contribution in [1.82, 2.24) is 5.32 Å². The zero-order valence-electron chi connectivity index (χ0n) is 10.7. The monoisotopic (exact) mass is 238 g/mol. The maximum absolute atomic E-state index is 12.0. The highest BCUT2D eigenvalue weighted by Crippen LogP contribution is 2.46. The molecule has 0 aromatic heterocycles. The Labute approximate surface area is 103 Å². The van der Waals surface area contributed by atoms with Gasteiger partial charge in [0.05, 0.1) is 11.3 Å². The molecule has 4 heteroatoms. The Hall–Kier alpha value is -1.32. The minimum Gasteiger partial charge on any atom is -0.369 e. The number of carbonyl (C=O) groups is 2. The second-order valence-electron chi connectivity index (χ2n) is 5.06. The number of carbonyl (C=O) groups excluding carboxylic acids is 2. The van der Waals surface area contributed by atoms with Gasteiger partial charge in [-0.2, -0.15) is 0 Å². The highest BCUT2D eigenvalue weighted by molar-refractivity contribution is 5.90.